The molecule has 2 heterocycles. The Balaban J connectivity index is 1.69. The van der Waals surface area contributed by atoms with Gasteiger partial charge in [0.25, 0.3) is 0 Å². The van der Waals surface area contributed by atoms with E-state index in [1.807, 2.05) is 50.4 Å². The summed E-state index contributed by atoms with van der Waals surface area (Å²) in [7, 11) is 0. The van der Waals surface area contributed by atoms with Crippen LogP contribution in [0.2, 0.25) is 0 Å². The Hall–Kier alpha value is -3.08. The molecule has 0 radical (unpaired) electrons. The van der Waals surface area contributed by atoms with E-state index in [0.717, 1.165) is 16.9 Å². The normalized spacial score (nSPS) is 16.1. The maximum Gasteiger partial charge on any atom is 0.322 e. The number of hydrogen-bond acceptors (Lipinski definition) is 1. The molecule has 2 amide bonds. The van der Waals surface area contributed by atoms with Gasteiger partial charge in [0.05, 0.1) is 0 Å². The van der Waals surface area contributed by atoms with Crippen LogP contribution < -0.4 is 5.32 Å². The third-order valence-electron chi connectivity index (χ3n) is 5.26. The summed E-state index contributed by atoms with van der Waals surface area (Å²) < 4.78 is 16.6. The lowest BCUT2D eigenvalue weighted by atomic mass is 9.99. The number of urea groups is 1. The molecule has 1 aromatic heterocycles. The molecule has 0 saturated carbocycles. The van der Waals surface area contributed by atoms with Gasteiger partial charge in [-0.1, -0.05) is 24.3 Å². The number of aryl methyl sites for hydroxylation is 2. The lowest BCUT2D eigenvalue weighted by Crippen LogP contribution is -2.44. The number of rotatable bonds is 2. The number of nitrogens with one attached hydrogen (secondary N) is 1. The van der Waals surface area contributed by atoms with Gasteiger partial charge in [0.2, 0.25) is 0 Å². The molecule has 5 heteroatoms. The molecular weight excluding hydrogens is 341 g/mol. The van der Waals surface area contributed by atoms with E-state index in [1.165, 1.54) is 11.6 Å². The van der Waals surface area contributed by atoms with E-state index in [1.54, 1.807) is 23.1 Å². The average Bonchev–Trinajstić information content (AvgIpc) is 3.13. The number of halogens is 1. The number of anilines is 1. The Bertz CT molecular complexity index is 995. The van der Waals surface area contributed by atoms with Crippen LogP contribution in [0.3, 0.4) is 0 Å². The number of hydrogen-bond donors (Lipinski definition) is 1. The van der Waals surface area contributed by atoms with Crippen LogP contribution >= 0.6 is 0 Å². The van der Waals surface area contributed by atoms with Gasteiger partial charge in [-0.05, 0) is 55.3 Å². The highest BCUT2D eigenvalue weighted by Crippen LogP contribution is 2.34. The first-order valence-corrected chi connectivity index (χ1v) is 9.09. The molecule has 1 N–H and O–H groups in total. The predicted octanol–water partition coefficient (Wildman–Crippen LogP) is 4.88. The van der Waals surface area contributed by atoms with Gasteiger partial charge in [0.1, 0.15) is 11.9 Å². The van der Waals surface area contributed by atoms with Crippen molar-refractivity contribution in [2.45, 2.75) is 26.4 Å². The Labute approximate surface area is 158 Å². The molecular formula is C22H22FN3O. The van der Waals surface area contributed by atoms with Gasteiger partial charge in [-0.3, -0.25) is 0 Å². The number of aromatic nitrogens is 1. The molecule has 27 heavy (non-hydrogen) atoms. The molecule has 2 aromatic carbocycles. The van der Waals surface area contributed by atoms with Crippen LogP contribution in [0.4, 0.5) is 14.9 Å². The van der Waals surface area contributed by atoms with E-state index in [2.05, 4.69) is 9.88 Å². The van der Waals surface area contributed by atoms with Crippen LogP contribution in [0.25, 0.3) is 0 Å². The monoisotopic (exact) mass is 363 g/mol. The fraction of sp³-hybridized carbons (Fsp3) is 0.227. The third kappa shape index (κ3) is 3.21. The van der Waals surface area contributed by atoms with Crippen LogP contribution in [0.15, 0.2) is 60.8 Å². The fourth-order valence-electron chi connectivity index (χ4n) is 3.64. The minimum Gasteiger partial charge on any atom is -0.348 e. The average molecular weight is 363 g/mol. The van der Waals surface area contributed by atoms with E-state index in [0.29, 0.717) is 18.7 Å². The maximum absolute atomic E-state index is 14.6. The summed E-state index contributed by atoms with van der Waals surface area (Å²) >= 11 is 0. The lowest BCUT2D eigenvalue weighted by molar-refractivity contribution is 0.180. The van der Waals surface area contributed by atoms with Crippen LogP contribution in [0.1, 0.15) is 28.4 Å². The third-order valence-corrected chi connectivity index (χ3v) is 5.26. The van der Waals surface area contributed by atoms with Gasteiger partial charge < -0.3 is 14.8 Å². The first kappa shape index (κ1) is 17.3. The highest BCUT2D eigenvalue weighted by molar-refractivity contribution is 5.90. The Morgan fingerprint density at radius 1 is 1.04 bits per heavy atom. The van der Waals surface area contributed by atoms with Crippen molar-refractivity contribution in [1.82, 2.24) is 9.47 Å². The minimum absolute atomic E-state index is 0.223. The predicted molar refractivity (Wildman–Crippen MR) is 104 cm³/mol. The summed E-state index contributed by atoms with van der Waals surface area (Å²) in [4.78, 5) is 14.8. The van der Waals surface area contributed by atoms with Crippen molar-refractivity contribution < 1.29 is 9.18 Å². The molecule has 0 aliphatic carbocycles. The number of amides is 2. The van der Waals surface area contributed by atoms with Crippen LogP contribution in [0, 0.1) is 19.7 Å². The van der Waals surface area contributed by atoms with Crippen molar-refractivity contribution in [3.8, 4) is 0 Å². The van der Waals surface area contributed by atoms with Gasteiger partial charge >= 0.3 is 6.03 Å². The van der Waals surface area contributed by atoms with Crippen molar-refractivity contribution >= 4 is 11.7 Å². The van der Waals surface area contributed by atoms with Crippen LogP contribution in [-0.4, -0.2) is 22.0 Å². The topological polar surface area (TPSA) is 37.3 Å². The van der Waals surface area contributed by atoms with E-state index in [9.17, 15) is 9.18 Å². The lowest BCUT2D eigenvalue weighted by Gasteiger charge is -2.37. The zero-order valence-corrected chi connectivity index (χ0v) is 15.4. The number of carbonyl (C=O) groups excluding carboxylic acids is 1. The van der Waals surface area contributed by atoms with Crippen molar-refractivity contribution in [2.75, 3.05) is 11.9 Å². The number of nitrogens with zero attached hydrogens (tertiary/aromatic N) is 2. The molecule has 4 rings (SSSR count). The maximum atomic E-state index is 14.6. The minimum atomic E-state index is -0.457. The first-order valence-electron chi connectivity index (χ1n) is 9.09. The van der Waals surface area contributed by atoms with Crippen molar-refractivity contribution in [3.05, 3.63) is 89.0 Å². The quantitative estimate of drug-likeness (QED) is 0.692. The zero-order valence-electron chi connectivity index (χ0n) is 15.4. The summed E-state index contributed by atoms with van der Waals surface area (Å²) in [5.74, 6) is -0.305. The van der Waals surface area contributed by atoms with E-state index < -0.39 is 6.04 Å². The number of benzene rings is 2. The molecule has 0 fully saturated rings. The Kier molecular flexibility index (Phi) is 4.44. The standard InChI is InChI=1S/C22H22FN3O/c1-15-9-10-17(14-16(15)2)24-22(27)26-13-12-25-11-5-8-20(25)21(26)18-6-3-4-7-19(18)23/h3-11,14,21H,12-13H2,1-2H3,(H,24,27)/t21-/m1/s1. The summed E-state index contributed by atoms with van der Waals surface area (Å²) in [6.07, 6.45) is 1.97. The Morgan fingerprint density at radius 3 is 2.63 bits per heavy atom. The van der Waals surface area contributed by atoms with Crippen LogP contribution in [0.5, 0.6) is 0 Å². The van der Waals surface area contributed by atoms with Gasteiger partial charge in [0, 0.05) is 36.2 Å². The van der Waals surface area contributed by atoms with Gasteiger partial charge in [0.15, 0.2) is 0 Å². The highest BCUT2D eigenvalue weighted by Gasteiger charge is 2.33. The SMILES string of the molecule is Cc1ccc(NC(=O)N2CCn3cccc3[C@H]2c2ccccc2F)cc1C. The summed E-state index contributed by atoms with van der Waals surface area (Å²) in [6, 6.07) is 15.7. The molecule has 0 saturated heterocycles. The second-order valence-electron chi connectivity index (χ2n) is 6.97. The van der Waals surface area contributed by atoms with Crippen molar-refractivity contribution in [1.29, 1.82) is 0 Å². The molecule has 1 aliphatic rings. The number of fused-ring (bicyclic) bond motifs is 1. The summed E-state index contributed by atoms with van der Waals surface area (Å²) in [6.45, 7) is 5.25. The molecule has 1 aliphatic heterocycles. The number of carbonyl (C=O) groups is 1. The first-order chi connectivity index (χ1) is 13.0. The van der Waals surface area contributed by atoms with Gasteiger partial charge in [-0.15, -0.1) is 0 Å². The van der Waals surface area contributed by atoms with Gasteiger partial charge in [-0.25, -0.2) is 9.18 Å². The highest BCUT2D eigenvalue weighted by atomic mass is 19.1. The van der Waals surface area contributed by atoms with E-state index in [-0.39, 0.29) is 11.8 Å². The smallest absolute Gasteiger partial charge is 0.322 e. The van der Waals surface area contributed by atoms with E-state index >= 15 is 0 Å². The molecule has 4 nitrogen and oxygen atoms in total. The van der Waals surface area contributed by atoms with Crippen molar-refractivity contribution in [3.63, 3.8) is 0 Å². The molecule has 1 atom stereocenters. The largest absolute Gasteiger partial charge is 0.348 e. The fourth-order valence-corrected chi connectivity index (χ4v) is 3.64. The van der Waals surface area contributed by atoms with Crippen molar-refractivity contribution in [2.24, 2.45) is 0 Å². The Morgan fingerprint density at radius 2 is 1.85 bits per heavy atom. The molecule has 0 spiro atoms. The van der Waals surface area contributed by atoms with E-state index in [4.69, 9.17) is 0 Å². The zero-order chi connectivity index (χ0) is 19.0. The van der Waals surface area contributed by atoms with Crippen LogP contribution in [-0.2, 0) is 6.54 Å². The van der Waals surface area contributed by atoms with Gasteiger partial charge in [-0.2, -0.15) is 0 Å². The molecule has 0 bridgehead atoms. The summed E-state index contributed by atoms with van der Waals surface area (Å²) in [5.41, 5.74) is 4.46. The second kappa shape index (κ2) is 6.91. The summed E-state index contributed by atoms with van der Waals surface area (Å²) in [5, 5.41) is 2.98. The second-order valence-corrected chi connectivity index (χ2v) is 6.97. The molecule has 3 aromatic rings. The molecule has 138 valence electrons. The molecule has 0 unspecified atom stereocenters.